The van der Waals surface area contributed by atoms with Crippen LogP contribution in [0.1, 0.15) is 51.4 Å². The second-order valence-corrected chi connectivity index (χ2v) is 4.27. The van der Waals surface area contributed by atoms with Gasteiger partial charge in [0.1, 0.15) is 0 Å². The topological polar surface area (TPSA) is 116 Å². The molecule has 0 amide bonds. The molecule has 1 unspecified atom stereocenters. The molecule has 0 saturated heterocycles. The van der Waals surface area contributed by atoms with Crippen LogP contribution in [0, 0.1) is 0 Å². The van der Waals surface area contributed by atoms with Crippen molar-refractivity contribution in [2.24, 2.45) is 11.5 Å². The third-order valence-corrected chi connectivity index (χ3v) is 2.50. The van der Waals surface area contributed by atoms with Gasteiger partial charge in [-0.25, -0.2) is 0 Å². The van der Waals surface area contributed by atoms with Gasteiger partial charge in [0.05, 0.1) is 0 Å². The number of unbranched alkanes of at least 4 members (excludes halogenated alkanes) is 3. The molecule has 18 heavy (non-hydrogen) atoms. The summed E-state index contributed by atoms with van der Waals surface area (Å²) in [5.41, 5.74) is 11.0. The van der Waals surface area contributed by atoms with Crippen molar-refractivity contribution < 1.29 is 19.4 Å². The predicted molar refractivity (Wildman–Crippen MR) is 67.7 cm³/mol. The maximum Gasteiger partial charge on any atom is 0.307 e. The van der Waals surface area contributed by atoms with Crippen LogP contribution in [0.25, 0.3) is 0 Å². The standard InChI is InChI=1S/C12H24N2O4/c13-9-5-1-2-6-10(14)18-12(17)8-4-3-7-11(15)16/h10H,1-9,13-14H2,(H,15,16). The highest BCUT2D eigenvalue weighted by molar-refractivity contribution is 5.69. The second kappa shape index (κ2) is 11.0. The summed E-state index contributed by atoms with van der Waals surface area (Å²) in [6.45, 7) is 0.665. The number of carboxylic acids is 1. The first-order valence-electron chi connectivity index (χ1n) is 6.43. The van der Waals surface area contributed by atoms with Gasteiger partial charge in [-0.05, 0) is 38.6 Å². The van der Waals surface area contributed by atoms with Crippen LogP contribution in [0.5, 0.6) is 0 Å². The summed E-state index contributed by atoms with van der Waals surface area (Å²) in [6.07, 6.45) is 4.22. The van der Waals surface area contributed by atoms with Gasteiger partial charge in [-0.1, -0.05) is 6.42 Å². The van der Waals surface area contributed by atoms with Gasteiger partial charge in [0, 0.05) is 12.8 Å². The van der Waals surface area contributed by atoms with Crippen molar-refractivity contribution in [2.45, 2.75) is 57.6 Å². The maximum absolute atomic E-state index is 11.3. The monoisotopic (exact) mass is 260 g/mol. The van der Waals surface area contributed by atoms with Crippen molar-refractivity contribution in [2.75, 3.05) is 6.54 Å². The van der Waals surface area contributed by atoms with Gasteiger partial charge in [0.25, 0.3) is 0 Å². The molecule has 0 rings (SSSR count). The van der Waals surface area contributed by atoms with E-state index in [1.807, 2.05) is 0 Å². The third-order valence-electron chi connectivity index (χ3n) is 2.50. The summed E-state index contributed by atoms with van der Waals surface area (Å²) in [4.78, 5) is 21.6. The Morgan fingerprint density at radius 1 is 1.06 bits per heavy atom. The lowest BCUT2D eigenvalue weighted by molar-refractivity contribution is -0.149. The molecule has 0 saturated carbocycles. The fourth-order valence-electron chi connectivity index (χ4n) is 1.50. The number of hydrogen-bond acceptors (Lipinski definition) is 5. The van der Waals surface area contributed by atoms with E-state index in [1.165, 1.54) is 0 Å². The Morgan fingerprint density at radius 3 is 2.33 bits per heavy atom. The molecule has 0 aromatic carbocycles. The fourth-order valence-corrected chi connectivity index (χ4v) is 1.50. The number of carboxylic acid groups (broad SMARTS) is 1. The van der Waals surface area contributed by atoms with Crippen LogP contribution in [-0.2, 0) is 14.3 Å². The summed E-state index contributed by atoms with van der Waals surface area (Å²) in [6, 6.07) is 0. The van der Waals surface area contributed by atoms with Gasteiger partial charge >= 0.3 is 11.9 Å². The Morgan fingerprint density at radius 2 is 1.72 bits per heavy atom. The minimum atomic E-state index is -0.847. The highest BCUT2D eigenvalue weighted by atomic mass is 16.6. The Balaban J connectivity index is 3.46. The van der Waals surface area contributed by atoms with E-state index in [2.05, 4.69) is 0 Å². The molecule has 1 atom stereocenters. The van der Waals surface area contributed by atoms with Gasteiger partial charge in [0.15, 0.2) is 6.23 Å². The molecular formula is C12H24N2O4. The van der Waals surface area contributed by atoms with Gasteiger partial charge in [-0.3, -0.25) is 15.3 Å². The van der Waals surface area contributed by atoms with Crippen LogP contribution < -0.4 is 11.5 Å². The molecule has 0 aliphatic heterocycles. The summed E-state index contributed by atoms with van der Waals surface area (Å²) < 4.78 is 5.00. The maximum atomic E-state index is 11.3. The summed E-state index contributed by atoms with van der Waals surface area (Å²) in [7, 11) is 0. The van der Waals surface area contributed by atoms with E-state index in [0.29, 0.717) is 25.8 Å². The van der Waals surface area contributed by atoms with E-state index in [9.17, 15) is 9.59 Å². The number of esters is 1. The first-order valence-corrected chi connectivity index (χ1v) is 6.43. The van der Waals surface area contributed by atoms with Crippen LogP contribution in [0.4, 0.5) is 0 Å². The number of hydrogen-bond donors (Lipinski definition) is 3. The van der Waals surface area contributed by atoms with E-state index in [0.717, 1.165) is 19.3 Å². The van der Waals surface area contributed by atoms with Crippen LogP contribution >= 0.6 is 0 Å². The van der Waals surface area contributed by atoms with Crippen LogP contribution in [0.2, 0.25) is 0 Å². The van der Waals surface area contributed by atoms with Crippen molar-refractivity contribution in [3.8, 4) is 0 Å². The fraction of sp³-hybridized carbons (Fsp3) is 0.833. The number of nitrogens with two attached hydrogens (primary N) is 2. The van der Waals surface area contributed by atoms with E-state index in [-0.39, 0.29) is 18.8 Å². The number of rotatable bonds is 11. The zero-order valence-corrected chi connectivity index (χ0v) is 10.8. The van der Waals surface area contributed by atoms with Crippen LogP contribution in [0.15, 0.2) is 0 Å². The van der Waals surface area contributed by atoms with Gasteiger partial charge in [0.2, 0.25) is 0 Å². The second-order valence-electron chi connectivity index (χ2n) is 4.27. The lowest BCUT2D eigenvalue weighted by Crippen LogP contribution is -2.27. The normalized spacial score (nSPS) is 12.1. The average Bonchev–Trinajstić information content (AvgIpc) is 2.30. The lowest BCUT2D eigenvalue weighted by Gasteiger charge is -2.12. The summed E-state index contributed by atoms with van der Waals surface area (Å²) in [5, 5.41) is 8.42. The first kappa shape index (κ1) is 16.9. The van der Waals surface area contributed by atoms with Crippen LogP contribution in [0.3, 0.4) is 0 Å². The van der Waals surface area contributed by atoms with Gasteiger partial charge in [-0.15, -0.1) is 0 Å². The zero-order valence-electron chi connectivity index (χ0n) is 10.8. The molecule has 106 valence electrons. The van der Waals surface area contributed by atoms with E-state index < -0.39 is 12.2 Å². The molecule has 0 bridgehead atoms. The van der Waals surface area contributed by atoms with E-state index >= 15 is 0 Å². The van der Waals surface area contributed by atoms with E-state index in [1.54, 1.807) is 0 Å². The number of carbonyl (C=O) groups excluding carboxylic acids is 1. The molecule has 0 spiro atoms. The first-order chi connectivity index (χ1) is 8.56. The quantitative estimate of drug-likeness (QED) is 0.290. The van der Waals surface area contributed by atoms with Crippen molar-refractivity contribution in [1.82, 2.24) is 0 Å². The van der Waals surface area contributed by atoms with Gasteiger partial charge in [-0.2, -0.15) is 0 Å². The molecule has 5 N–H and O–H groups in total. The van der Waals surface area contributed by atoms with E-state index in [4.69, 9.17) is 21.3 Å². The van der Waals surface area contributed by atoms with Crippen molar-refractivity contribution in [1.29, 1.82) is 0 Å². The van der Waals surface area contributed by atoms with Crippen molar-refractivity contribution >= 4 is 11.9 Å². The highest BCUT2D eigenvalue weighted by Crippen LogP contribution is 2.06. The SMILES string of the molecule is NCCCCCC(N)OC(=O)CCCCC(=O)O. The predicted octanol–water partition coefficient (Wildman–Crippen LogP) is 0.978. The smallest absolute Gasteiger partial charge is 0.307 e. The molecular weight excluding hydrogens is 236 g/mol. The highest BCUT2D eigenvalue weighted by Gasteiger charge is 2.09. The summed E-state index contributed by atoms with van der Waals surface area (Å²) in [5.74, 6) is -1.20. The Hall–Kier alpha value is -1.14. The molecule has 0 aliphatic carbocycles. The Bertz CT molecular complexity index is 246. The van der Waals surface area contributed by atoms with Crippen molar-refractivity contribution in [3.05, 3.63) is 0 Å². The number of ether oxygens (including phenoxy) is 1. The largest absolute Gasteiger partial charge is 0.481 e. The molecule has 0 aromatic rings. The van der Waals surface area contributed by atoms with Gasteiger partial charge < -0.3 is 15.6 Å². The number of aliphatic carboxylic acids is 1. The summed E-state index contributed by atoms with van der Waals surface area (Å²) >= 11 is 0. The van der Waals surface area contributed by atoms with Crippen molar-refractivity contribution in [3.63, 3.8) is 0 Å². The molecule has 6 nitrogen and oxygen atoms in total. The minimum Gasteiger partial charge on any atom is -0.481 e. The minimum absolute atomic E-state index is 0.0818. The molecule has 0 radical (unpaired) electrons. The Kier molecular flexibility index (Phi) is 10.3. The Labute approximate surface area is 108 Å². The number of carbonyl (C=O) groups is 2. The molecule has 6 heteroatoms. The molecule has 0 aromatic heterocycles. The lowest BCUT2D eigenvalue weighted by atomic mass is 10.2. The van der Waals surface area contributed by atoms with Crippen LogP contribution in [-0.4, -0.2) is 29.8 Å². The molecule has 0 heterocycles. The molecule has 0 aliphatic rings. The zero-order chi connectivity index (χ0) is 13.8. The third kappa shape index (κ3) is 11.3. The average molecular weight is 260 g/mol. The molecule has 0 fully saturated rings.